The van der Waals surface area contributed by atoms with Crippen molar-refractivity contribution in [3.63, 3.8) is 0 Å². The second-order valence-corrected chi connectivity index (χ2v) is 5.60. The molecule has 0 aliphatic carbocycles. The first kappa shape index (κ1) is 17.1. The van der Waals surface area contributed by atoms with Crippen molar-refractivity contribution in [3.8, 4) is 0 Å². The number of hydrogen-bond donors (Lipinski definition) is 3. The quantitative estimate of drug-likeness (QED) is 0.746. The topological polar surface area (TPSA) is 90.5 Å². The Labute approximate surface area is 139 Å². The molecule has 1 aromatic carbocycles. The molecule has 0 bridgehead atoms. The average molecular weight is 339 g/mol. The highest BCUT2D eigenvalue weighted by Crippen LogP contribution is 2.11. The fourth-order valence-corrected chi connectivity index (χ4v) is 2.45. The van der Waals surface area contributed by atoms with Crippen molar-refractivity contribution in [2.45, 2.75) is 19.0 Å². The van der Waals surface area contributed by atoms with Crippen molar-refractivity contribution in [1.29, 1.82) is 0 Å². The van der Waals surface area contributed by atoms with Crippen LogP contribution in [0, 0.1) is 0 Å². The van der Waals surface area contributed by atoms with Gasteiger partial charge >= 0.3 is 6.03 Å². The van der Waals surface area contributed by atoms with E-state index in [0.717, 1.165) is 5.56 Å². The molecule has 0 saturated carbocycles. The Bertz CT molecular complexity index is 591. The molecule has 1 unspecified atom stereocenters. The maximum absolute atomic E-state index is 12.3. The minimum Gasteiger partial charge on any atom is -0.359 e. The molecule has 1 aliphatic rings. The standard InChI is InChI=1S/C15H19ClN4O3/c1-17-13(21)8-12-14(22)18-6-7-20(12)15(23)19-9-10-2-4-11(16)5-3-10/h2-5,12H,6-9H2,1H3,(H,17,21)(H,18,22)(H,19,23). The molecule has 3 N–H and O–H groups in total. The zero-order valence-electron chi connectivity index (χ0n) is 12.8. The molecule has 2 rings (SSSR count). The number of carbonyl (C=O) groups excluding carboxylic acids is 3. The summed E-state index contributed by atoms with van der Waals surface area (Å²) in [4.78, 5) is 37.2. The van der Waals surface area contributed by atoms with Gasteiger partial charge in [-0.15, -0.1) is 0 Å². The van der Waals surface area contributed by atoms with Crippen molar-refractivity contribution in [2.24, 2.45) is 0 Å². The number of halogens is 1. The number of carbonyl (C=O) groups is 3. The maximum Gasteiger partial charge on any atom is 0.318 e. The molecule has 124 valence electrons. The zero-order chi connectivity index (χ0) is 16.8. The van der Waals surface area contributed by atoms with E-state index in [0.29, 0.717) is 24.7 Å². The van der Waals surface area contributed by atoms with Gasteiger partial charge in [-0.2, -0.15) is 0 Å². The van der Waals surface area contributed by atoms with Gasteiger partial charge in [-0.05, 0) is 17.7 Å². The third-order valence-corrected chi connectivity index (χ3v) is 3.86. The third-order valence-electron chi connectivity index (χ3n) is 3.61. The molecule has 1 aromatic rings. The van der Waals surface area contributed by atoms with Crippen LogP contribution in [0.15, 0.2) is 24.3 Å². The zero-order valence-corrected chi connectivity index (χ0v) is 13.5. The number of hydrogen-bond acceptors (Lipinski definition) is 3. The Balaban J connectivity index is 1.98. The van der Waals surface area contributed by atoms with Crippen LogP contribution in [-0.2, 0) is 16.1 Å². The smallest absolute Gasteiger partial charge is 0.318 e. The second kappa shape index (κ2) is 7.82. The highest BCUT2D eigenvalue weighted by atomic mass is 35.5. The molecule has 1 saturated heterocycles. The second-order valence-electron chi connectivity index (χ2n) is 5.16. The fourth-order valence-electron chi connectivity index (χ4n) is 2.32. The first-order chi connectivity index (χ1) is 11.0. The lowest BCUT2D eigenvalue weighted by molar-refractivity contribution is -0.132. The van der Waals surface area contributed by atoms with Gasteiger partial charge in [0.15, 0.2) is 0 Å². The molecule has 0 aromatic heterocycles. The van der Waals surface area contributed by atoms with Crippen LogP contribution >= 0.6 is 11.6 Å². The Morgan fingerprint density at radius 3 is 2.70 bits per heavy atom. The van der Waals surface area contributed by atoms with Gasteiger partial charge < -0.3 is 20.9 Å². The highest BCUT2D eigenvalue weighted by Gasteiger charge is 2.34. The van der Waals surface area contributed by atoms with Crippen LogP contribution in [0.3, 0.4) is 0 Å². The molecule has 1 atom stereocenters. The summed E-state index contributed by atoms with van der Waals surface area (Å²) < 4.78 is 0. The summed E-state index contributed by atoms with van der Waals surface area (Å²) >= 11 is 5.82. The van der Waals surface area contributed by atoms with Crippen LogP contribution in [0.2, 0.25) is 5.02 Å². The lowest BCUT2D eigenvalue weighted by Crippen LogP contribution is -2.60. The van der Waals surface area contributed by atoms with Crippen molar-refractivity contribution in [3.05, 3.63) is 34.9 Å². The molecule has 23 heavy (non-hydrogen) atoms. The van der Waals surface area contributed by atoms with Gasteiger partial charge in [-0.1, -0.05) is 23.7 Å². The minimum atomic E-state index is -0.797. The van der Waals surface area contributed by atoms with Crippen LogP contribution < -0.4 is 16.0 Å². The number of amides is 4. The molecule has 0 radical (unpaired) electrons. The van der Waals surface area contributed by atoms with E-state index in [-0.39, 0.29) is 24.3 Å². The summed E-state index contributed by atoms with van der Waals surface area (Å²) in [5.74, 6) is -0.607. The normalized spacial score (nSPS) is 17.4. The van der Waals surface area contributed by atoms with Gasteiger partial charge in [0, 0.05) is 31.7 Å². The summed E-state index contributed by atoms with van der Waals surface area (Å²) in [6.07, 6.45) is -0.0588. The molecule has 7 nitrogen and oxygen atoms in total. The van der Waals surface area contributed by atoms with Gasteiger partial charge in [0.25, 0.3) is 0 Å². The first-order valence-electron chi connectivity index (χ1n) is 7.28. The minimum absolute atomic E-state index is 0.0588. The largest absolute Gasteiger partial charge is 0.359 e. The predicted octanol–water partition coefficient (Wildman–Crippen LogP) is 0.486. The Morgan fingerprint density at radius 2 is 2.04 bits per heavy atom. The Hall–Kier alpha value is -2.28. The first-order valence-corrected chi connectivity index (χ1v) is 7.66. The van der Waals surface area contributed by atoms with E-state index >= 15 is 0 Å². The van der Waals surface area contributed by atoms with E-state index < -0.39 is 6.04 Å². The van der Waals surface area contributed by atoms with Crippen molar-refractivity contribution < 1.29 is 14.4 Å². The summed E-state index contributed by atoms with van der Waals surface area (Å²) in [6.45, 7) is 1.05. The van der Waals surface area contributed by atoms with Crippen LogP contribution in [0.4, 0.5) is 4.79 Å². The van der Waals surface area contributed by atoms with Crippen molar-refractivity contribution in [1.82, 2.24) is 20.9 Å². The molecule has 1 fully saturated rings. The molecular weight excluding hydrogens is 320 g/mol. The molecular formula is C15H19ClN4O3. The SMILES string of the molecule is CNC(=O)CC1C(=O)NCCN1C(=O)NCc1ccc(Cl)cc1. The maximum atomic E-state index is 12.3. The fraction of sp³-hybridized carbons (Fsp3) is 0.400. The Morgan fingerprint density at radius 1 is 1.35 bits per heavy atom. The molecule has 1 aliphatic heterocycles. The van der Waals surface area contributed by atoms with Crippen molar-refractivity contribution in [2.75, 3.05) is 20.1 Å². The average Bonchev–Trinajstić information content (AvgIpc) is 2.55. The van der Waals surface area contributed by atoms with Gasteiger partial charge in [0.2, 0.25) is 11.8 Å². The number of rotatable bonds is 4. The summed E-state index contributed by atoms with van der Waals surface area (Å²) in [5.41, 5.74) is 0.895. The van der Waals surface area contributed by atoms with E-state index in [1.807, 2.05) is 12.1 Å². The van der Waals surface area contributed by atoms with Crippen molar-refractivity contribution >= 4 is 29.4 Å². The predicted molar refractivity (Wildman–Crippen MR) is 85.9 cm³/mol. The number of piperazine rings is 1. The third kappa shape index (κ3) is 4.59. The van der Waals surface area contributed by atoms with Crippen LogP contribution in [-0.4, -0.2) is 48.9 Å². The molecule has 0 spiro atoms. The summed E-state index contributed by atoms with van der Waals surface area (Å²) in [7, 11) is 1.49. The monoisotopic (exact) mass is 338 g/mol. The van der Waals surface area contributed by atoms with Gasteiger partial charge in [0.1, 0.15) is 6.04 Å². The van der Waals surface area contributed by atoms with E-state index in [4.69, 9.17) is 11.6 Å². The summed E-state index contributed by atoms with van der Waals surface area (Å²) in [6, 6.07) is 5.94. The number of nitrogens with zero attached hydrogens (tertiary/aromatic N) is 1. The summed E-state index contributed by atoms with van der Waals surface area (Å²) in [5, 5.41) is 8.52. The van der Waals surface area contributed by atoms with E-state index in [1.165, 1.54) is 11.9 Å². The molecule has 8 heteroatoms. The highest BCUT2D eigenvalue weighted by molar-refractivity contribution is 6.30. The van der Waals surface area contributed by atoms with Crippen LogP contribution in [0.5, 0.6) is 0 Å². The molecule has 4 amide bonds. The van der Waals surface area contributed by atoms with E-state index in [1.54, 1.807) is 12.1 Å². The lowest BCUT2D eigenvalue weighted by Gasteiger charge is -2.34. The van der Waals surface area contributed by atoms with Gasteiger partial charge in [0.05, 0.1) is 6.42 Å². The Kier molecular flexibility index (Phi) is 5.81. The van der Waals surface area contributed by atoms with Gasteiger partial charge in [-0.25, -0.2) is 4.79 Å². The van der Waals surface area contributed by atoms with Crippen LogP contribution in [0.25, 0.3) is 0 Å². The number of urea groups is 1. The van der Waals surface area contributed by atoms with E-state index in [2.05, 4.69) is 16.0 Å². The molecule has 1 heterocycles. The number of benzene rings is 1. The number of nitrogens with one attached hydrogen (secondary N) is 3. The lowest BCUT2D eigenvalue weighted by atomic mass is 10.1. The van der Waals surface area contributed by atoms with Crippen LogP contribution in [0.1, 0.15) is 12.0 Å². The van der Waals surface area contributed by atoms with Gasteiger partial charge in [-0.3, -0.25) is 9.59 Å². The van der Waals surface area contributed by atoms with E-state index in [9.17, 15) is 14.4 Å².